The van der Waals surface area contributed by atoms with E-state index < -0.39 is 0 Å². The summed E-state index contributed by atoms with van der Waals surface area (Å²) in [6.07, 6.45) is 1.44. The van der Waals surface area contributed by atoms with Crippen molar-refractivity contribution in [3.8, 4) is 0 Å². The molecule has 0 aliphatic heterocycles. The number of benzene rings is 2. The molecule has 2 N–H and O–H groups in total. The van der Waals surface area contributed by atoms with Gasteiger partial charge in [0.1, 0.15) is 5.82 Å². The molecule has 0 unspecified atom stereocenters. The largest absolute Gasteiger partial charge is 0.350 e. The molecular formula is C20H19Cl2N3O2. The van der Waals surface area contributed by atoms with Gasteiger partial charge < -0.3 is 10.3 Å². The summed E-state index contributed by atoms with van der Waals surface area (Å²) in [6, 6.07) is 12.3. The summed E-state index contributed by atoms with van der Waals surface area (Å²) in [7, 11) is 0. The summed E-state index contributed by atoms with van der Waals surface area (Å²) in [4.78, 5) is 31.5. The van der Waals surface area contributed by atoms with E-state index in [1.54, 1.807) is 30.3 Å². The van der Waals surface area contributed by atoms with Crippen molar-refractivity contribution in [3.05, 3.63) is 74.3 Å². The second-order valence-corrected chi connectivity index (χ2v) is 7.16. The van der Waals surface area contributed by atoms with Crippen molar-refractivity contribution in [2.24, 2.45) is 0 Å². The molecule has 0 fully saturated rings. The number of aryl methyl sites for hydroxylation is 1. The first-order chi connectivity index (χ1) is 12.9. The maximum absolute atomic E-state index is 12.2. The van der Waals surface area contributed by atoms with Crippen LogP contribution in [-0.4, -0.2) is 15.9 Å². The van der Waals surface area contributed by atoms with E-state index in [2.05, 4.69) is 15.3 Å². The van der Waals surface area contributed by atoms with Gasteiger partial charge in [-0.2, -0.15) is 0 Å². The first-order valence-electron chi connectivity index (χ1n) is 8.66. The molecule has 7 heteroatoms. The molecule has 0 aliphatic rings. The van der Waals surface area contributed by atoms with Crippen molar-refractivity contribution in [2.45, 2.75) is 32.2 Å². The summed E-state index contributed by atoms with van der Waals surface area (Å²) in [6.45, 7) is 1.89. The van der Waals surface area contributed by atoms with Crippen LogP contribution in [0.3, 0.4) is 0 Å². The monoisotopic (exact) mass is 403 g/mol. The second kappa shape index (κ2) is 8.55. The third-order valence-corrected chi connectivity index (χ3v) is 5.04. The van der Waals surface area contributed by atoms with Gasteiger partial charge in [-0.3, -0.25) is 9.59 Å². The minimum absolute atomic E-state index is 0.0725. The van der Waals surface area contributed by atoms with E-state index in [1.807, 2.05) is 19.1 Å². The number of fused-ring (bicyclic) bond motifs is 1. The highest BCUT2D eigenvalue weighted by Gasteiger charge is 2.11. The summed E-state index contributed by atoms with van der Waals surface area (Å²) >= 11 is 11.9. The maximum Gasteiger partial charge on any atom is 0.258 e. The Balaban J connectivity index is 1.55. The highest BCUT2D eigenvalue weighted by molar-refractivity contribution is 6.42. The number of para-hydroxylation sites is 1. The normalized spacial score (nSPS) is 12.1. The number of aromatic nitrogens is 2. The molecule has 1 atom stereocenters. The van der Waals surface area contributed by atoms with Gasteiger partial charge in [0.25, 0.3) is 5.56 Å². The molecule has 1 heterocycles. The molecule has 1 amide bonds. The first-order valence-corrected chi connectivity index (χ1v) is 9.42. The number of aromatic amines is 1. The lowest BCUT2D eigenvalue weighted by atomic mass is 10.1. The SMILES string of the molecule is C[C@@H](NC(=O)CCCc1nc2ccccc2c(=O)[nH]1)c1ccc(Cl)c(Cl)c1. The van der Waals surface area contributed by atoms with Gasteiger partial charge in [-0.25, -0.2) is 4.98 Å². The zero-order chi connectivity index (χ0) is 19.4. The zero-order valence-electron chi connectivity index (χ0n) is 14.8. The molecule has 0 saturated heterocycles. The number of H-pyrrole nitrogens is 1. The third kappa shape index (κ3) is 4.87. The van der Waals surface area contributed by atoms with Crippen molar-refractivity contribution >= 4 is 40.0 Å². The number of rotatable bonds is 6. The van der Waals surface area contributed by atoms with Gasteiger partial charge in [-0.15, -0.1) is 0 Å². The van der Waals surface area contributed by atoms with E-state index in [0.717, 1.165) is 5.56 Å². The van der Waals surface area contributed by atoms with E-state index in [0.29, 0.717) is 46.0 Å². The number of carbonyl (C=O) groups is 1. The lowest BCUT2D eigenvalue weighted by Crippen LogP contribution is -2.26. The van der Waals surface area contributed by atoms with Crippen LogP contribution in [0.4, 0.5) is 0 Å². The molecular weight excluding hydrogens is 385 g/mol. The molecule has 0 aliphatic carbocycles. The van der Waals surface area contributed by atoms with E-state index in [9.17, 15) is 9.59 Å². The fourth-order valence-corrected chi connectivity index (χ4v) is 3.15. The van der Waals surface area contributed by atoms with Crippen LogP contribution in [0.15, 0.2) is 47.3 Å². The van der Waals surface area contributed by atoms with Gasteiger partial charge in [-0.05, 0) is 43.2 Å². The van der Waals surface area contributed by atoms with E-state index in [4.69, 9.17) is 23.2 Å². The minimum atomic E-state index is -0.175. The fraction of sp³-hybridized carbons (Fsp3) is 0.250. The molecule has 140 valence electrons. The van der Waals surface area contributed by atoms with Crippen molar-refractivity contribution in [1.82, 2.24) is 15.3 Å². The molecule has 0 bridgehead atoms. The molecule has 5 nitrogen and oxygen atoms in total. The average molecular weight is 404 g/mol. The number of hydrogen-bond acceptors (Lipinski definition) is 3. The summed E-state index contributed by atoms with van der Waals surface area (Å²) in [5.74, 6) is 0.515. The standard InChI is InChI=1S/C20H19Cl2N3O2/c1-12(13-9-10-15(21)16(22)11-13)23-19(26)8-4-7-18-24-17-6-3-2-5-14(17)20(27)25-18/h2-3,5-6,9-12H,4,7-8H2,1H3,(H,23,26)(H,24,25,27)/t12-/m1/s1. The fourth-order valence-electron chi connectivity index (χ4n) is 2.85. The summed E-state index contributed by atoms with van der Waals surface area (Å²) < 4.78 is 0. The van der Waals surface area contributed by atoms with E-state index >= 15 is 0 Å². The van der Waals surface area contributed by atoms with Crippen LogP contribution in [0.2, 0.25) is 10.0 Å². The van der Waals surface area contributed by atoms with Crippen molar-refractivity contribution < 1.29 is 4.79 Å². The Bertz CT molecular complexity index is 1030. The molecule has 3 rings (SSSR count). The Morgan fingerprint density at radius 1 is 1.19 bits per heavy atom. The van der Waals surface area contributed by atoms with Gasteiger partial charge in [0.2, 0.25) is 5.91 Å². The molecule has 2 aromatic carbocycles. The van der Waals surface area contributed by atoms with Crippen LogP contribution in [0.5, 0.6) is 0 Å². The van der Waals surface area contributed by atoms with Crippen LogP contribution in [0, 0.1) is 0 Å². The van der Waals surface area contributed by atoms with Crippen LogP contribution >= 0.6 is 23.2 Å². The van der Waals surface area contributed by atoms with Crippen molar-refractivity contribution in [3.63, 3.8) is 0 Å². The Morgan fingerprint density at radius 3 is 2.74 bits per heavy atom. The van der Waals surface area contributed by atoms with Crippen LogP contribution < -0.4 is 10.9 Å². The van der Waals surface area contributed by atoms with E-state index in [-0.39, 0.29) is 17.5 Å². The lowest BCUT2D eigenvalue weighted by molar-refractivity contribution is -0.121. The highest BCUT2D eigenvalue weighted by atomic mass is 35.5. The highest BCUT2D eigenvalue weighted by Crippen LogP contribution is 2.25. The summed E-state index contributed by atoms with van der Waals surface area (Å²) in [5, 5.41) is 4.44. The molecule has 27 heavy (non-hydrogen) atoms. The number of nitrogens with one attached hydrogen (secondary N) is 2. The Kier molecular flexibility index (Phi) is 6.14. The number of carbonyl (C=O) groups excluding carboxylic acids is 1. The number of nitrogens with zero attached hydrogens (tertiary/aromatic N) is 1. The third-order valence-electron chi connectivity index (χ3n) is 4.30. The van der Waals surface area contributed by atoms with Crippen LogP contribution in [0.1, 0.15) is 37.2 Å². The molecule has 0 saturated carbocycles. The predicted molar refractivity (Wildman–Crippen MR) is 108 cm³/mol. The van der Waals surface area contributed by atoms with Gasteiger partial charge in [0.15, 0.2) is 0 Å². The Hall–Kier alpha value is -2.37. The molecule has 0 spiro atoms. The Morgan fingerprint density at radius 2 is 1.96 bits per heavy atom. The molecule has 0 radical (unpaired) electrons. The zero-order valence-corrected chi connectivity index (χ0v) is 16.3. The number of hydrogen-bond donors (Lipinski definition) is 2. The van der Waals surface area contributed by atoms with E-state index in [1.165, 1.54) is 0 Å². The van der Waals surface area contributed by atoms with Gasteiger partial charge in [0.05, 0.1) is 27.0 Å². The topological polar surface area (TPSA) is 74.8 Å². The maximum atomic E-state index is 12.2. The van der Waals surface area contributed by atoms with Crippen molar-refractivity contribution in [1.29, 1.82) is 0 Å². The lowest BCUT2D eigenvalue weighted by Gasteiger charge is -2.15. The predicted octanol–water partition coefficient (Wildman–Crippen LogP) is 4.43. The number of amides is 1. The van der Waals surface area contributed by atoms with Gasteiger partial charge >= 0.3 is 0 Å². The van der Waals surface area contributed by atoms with Crippen LogP contribution in [0.25, 0.3) is 10.9 Å². The summed E-state index contributed by atoms with van der Waals surface area (Å²) in [5.41, 5.74) is 1.39. The van der Waals surface area contributed by atoms with Gasteiger partial charge in [0, 0.05) is 12.8 Å². The van der Waals surface area contributed by atoms with Crippen molar-refractivity contribution in [2.75, 3.05) is 0 Å². The minimum Gasteiger partial charge on any atom is -0.350 e. The smallest absolute Gasteiger partial charge is 0.258 e. The quantitative estimate of drug-likeness (QED) is 0.638. The first kappa shape index (κ1) is 19.4. The van der Waals surface area contributed by atoms with Gasteiger partial charge in [-0.1, -0.05) is 41.4 Å². The Labute approximate surface area is 166 Å². The average Bonchev–Trinajstić information content (AvgIpc) is 2.64. The second-order valence-electron chi connectivity index (χ2n) is 6.35. The number of halogens is 2. The van der Waals surface area contributed by atoms with Crippen LogP contribution in [-0.2, 0) is 11.2 Å². The molecule has 1 aromatic heterocycles. The molecule has 3 aromatic rings.